The van der Waals surface area contributed by atoms with Crippen molar-refractivity contribution in [2.75, 3.05) is 10.5 Å². The molecule has 0 amide bonds. The minimum Gasteiger partial charge on any atom is -0.399 e. The lowest BCUT2D eigenvalue weighted by Crippen LogP contribution is -2.15. The number of rotatable bonds is 4. The van der Waals surface area contributed by atoms with Crippen molar-refractivity contribution in [3.8, 4) is 0 Å². The molecule has 0 spiro atoms. The minimum absolute atomic E-state index is 0.118. The van der Waals surface area contributed by atoms with Gasteiger partial charge in [0.25, 0.3) is 10.0 Å². The zero-order chi connectivity index (χ0) is 15.6. The molecule has 0 aromatic heterocycles. The molecule has 21 heavy (non-hydrogen) atoms. The zero-order valence-electron chi connectivity index (χ0n) is 11.2. The van der Waals surface area contributed by atoms with E-state index in [0.717, 1.165) is 16.5 Å². The molecule has 0 heterocycles. The van der Waals surface area contributed by atoms with Gasteiger partial charge in [-0.3, -0.25) is 4.72 Å². The van der Waals surface area contributed by atoms with Gasteiger partial charge in [0.05, 0.1) is 5.69 Å². The molecule has 0 unspecified atom stereocenters. The number of hydrogen-bond donors (Lipinski definition) is 2. The Morgan fingerprint density at radius 1 is 1.14 bits per heavy atom. The summed E-state index contributed by atoms with van der Waals surface area (Å²) in [6, 6.07) is 10.1. The summed E-state index contributed by atoms with van der Waals surface area (Å²) in [7, 11) is -3.70. The first-order chi connectivity index (χ1) is 9.83. The molecular weight excluding hydrogens is 420 g/mol. The molecule has 7 heteroatoms. The fraction of sp³-hybridized carbons (Fsp3) is 0.143. The Kier molecular flexibility index (Phi) is 4.95. The molecule has 112 valence electrons. The van der Waals surface area contributed by atoms with Crippen molar-refractivity contribution in [1.82, 2.24) is 0 Å². The van der Waals surface area contributed by atoms with E-state index in [9.17, 15) is 8.42 Å². The Morgan fingerprint density at radius 3 is 2.52 bits per heavy atom. The lowest BCUT2D eigenvalue weighted by molar-refractivity contribution is 0.600. The van der Waals surface area contributed by atoms with E-state index in [1.807, 2.05) is 13.0 Å². The van der Waals surface area contributed by atoms with Gasteiger partial charge < -0.3 is 5.73 Å². The van der Waals surface area contributed by atoms with Crippen LogP contribution in [0.15, 0.2) is 50.2 Å². The van der Waals surface area contributed by atoms with Crippen LogP contribution >= 0.6 is 31.9 Å². The second-order valence-corrected chi connectivity index (χ2v) is 7.87. The lowest BCUT2D eigenvalue weighted by Gasteiger charge is -2.13. The van der Waals surface area contributed by atoms with Crippen molar-refractivity contribution in [2.24, 2.45) is 0 Å². The summed E-state index contributed by atoms with van der Waals surface area (Å²) in [6.45, 7) is 1.97. The second kappa shape index (κ2) is 6.37. The smallest absolute Gasteiger partial charge is 0.263 e. The molecule has 0 aliphatic carbocycles. The van der Waals surface area contributed by atoms with Crippen molar-refractivity contribution in [1.29, 1.82) is 0 Å². The van der Waals surface area contributed by atoms with Crippen LogP contribution in [0, 0.1) is 0 Å². The van der Waals surface area contributed by atoms with Crippen LogP contribution in [0.3, 0.4) is 0 Å². The molecule has 2 aromatic rings. The van der Waals surface area contributed by atoms with Gasteiger partial charge in [0.1, 0.15) is 4.90 Å². The highest BCUT2D eigenvalue weighted by atomic mass is 79.9. The van der Waals surface area contributed by atoms with E-state index in [2.05, 4.69) is 36.6 Å². The summed E-state index contributed by atoms with van der Waals surface area (Å²) < 4.78 is 29.0. The first kappa shape index (κ1) is 16.3. The molecule has 0 fully saturated rings. The van der Waals surface area contributed by atoms with Gasteiger partial charge in [-0.15, -0.1) is 0 Å². The molecule has 4 nitrogen and oxygen atoms in total. The number of halogens is 2. The lowest BCUT2D eigenvalue weighted by atomic mass is 10.1. The predicted molar refractivity (Wildman–Crippen MR) is 92.9 cm³/mol. The third-order valence-electron chi connectivity index (χ3n) is 2.94. The van der Waals surface area contributed by atoms with Crippen molar-refractivity contribution in [2.45, 2.75) is 18.2 Å². The van der Waals surface area contributed by atoms with Crippen molar-refractivity contribution < 1.29 is 8.42 Å². The third kappa shape index (κ3) is 3.78. The van der Waals surface area contributed by atoms with E-state index in [1.165, 1.54) is 6.07 Å². The Morgan fingerprint density at radius 2 is 1.86 bits per heavy atom. The van der Waals surface area contributed by atoms with Gasteiger partial charge >= 0.3 is 0 Å². The van der Waals surface area contributed by atoms with Crippen LogP contribution < -0.4 is 10.5 Å². The summed E-state index contributed by atoms with van der Waals surface area (Å²) in [4.78, 5) is 0.118. The van der Waals surface area contributed by atoms with Gasteiger partial charge in [0, 0.05) is 14.6 Å². The standard InChI is InChI=1S/C14H14Br2N2O2S/c1-2-9-7-10(15)3-6-13(9)18-21(19,20)14-8-11(17)4-5-12(14)16/h3-8,18H,2,17H2,1H3. The van der Waals surface area contributed by atoms with E-state index in [-0.39, 0.29) is 4.90 Å². The van der Waals surface area contributed by atoms with Gasteiger partial charge in [0.15, 0.2) is 0 Å². The number of sulfonamides is 1. The molecule has 0 saturated carbocycles. The van der Waals surface area contributed by atoms with E-state index < -0.39 is 10.0 Å². The number of nitrogen functional groups attached to an aromatic ring is 1. The monoisotopic (exact) mass is 432 g/mol. The topological polar surface area (TPSA) is 72.2 Å². The largest absolute Gasteiger partial charge is 0.399 e. The number of nitrogens with one attached hydrogen (secondary N) is 1. The highest BCUT2D eigenvalue weighted by Gasteiger charge is 2.19. The number of aryl methyl sites for hydroxylation is 1. The molecule has 0 saturated heterocycles. The summed E-state index contributed by atoms with van der Waals surface area (Å²) in [5.74, 6) is 0. The molecule has 0 aliphatic heterocycles. The second-order valence-electron chi connectivity index (χ2n) is 4.45. The molecule has 3 N–H and O–H groups in total. The van der Waals surface area contributed by atoms with Gasteiger partial charge in [-0.2, -0.15) is 0 Å². The Balaban J connectivity index is 2.45. The van der Waals surface area contributed by atoms with Crippen LogP contribution in [0.25, 0.3) is 0 Å². The normalized spacial score (nSPS) is 11.4. The van der Waals surface area contributed by atoms with Crippen LogP contribution in [-0.4, -0.2) is 8.42 Å². The minimum atomic E-state index is -3.70. The Labute approximate surface area is 141 Å². The average Bonchev–Trinajstić information content (AvgIpc) is 2.43. The van der Waals surface area contributed by atoms with Gasteiger partial charge in [-0.05, 0) is 64.3 Å². The van der Waals surface area contributed by atoms with Gasteiger partial charge in [-0.1, -0.05) is 22.9 Å². The predicted octanol–water partition coefficient (Wildman–Crippen LogP) is 4.16. The number of benzene rings is 2. The summed E-state index contributed by atoms with van der Waals surface area (Å²) >= 11 is 6.63. The number of nitrogens with two attached hydrogens (primary N) is 1. The first-order valence-corrected chi connectivity index (χ1v) is 9.26. The van der Waals surface area contributed by atoms with Crippen molar-refractivity contribution in [3.63, 3.8) is 0 Å². The Hall–Kier alpha value is -1.05. The molecular formula is C14H14Br2N2O2S. The fourth-order valence-electron chi connectivity index (χ4n) is 1.88. The van der Waals surface area contributed by atoms with Crippen LogP contribution in [0.2, 0.25) is 0 Å². The zero-order valence-corrected chi connectivity index (χ0v) is 15.2. The molecule has 0 aliphatic rings. The van der Waals surface area contributed by atoms with Crippen LogP contribution in [0.1, 0.15) is 12.5 Å². The molecule has 0 radical (unpaired) electrons. The van der Waals surface area contributed by atoms with E-state index in [4.69, 9.17) is 5.73 Å². The molecule has 2 rings (SSSR count). The first-order valence-electron chi connectivity index (χ1n) is 6.19. The Bertz CT molecular complexity index is 777. The molecule has 0 atom stereocenters. The van der Waals surface area contributed by atoms with E-state index in [1.54, 1.807) is 24.3 Å². The summed E-state index contributed by atoms with van der Waals surface area (Å²) in [6.07, 6.45) is 0.718. The molecule has 2 aromatic carbocycles. The maximum absolute atomic E-state index is 12.5. The SMILES string of the molecule is CCc1cc(Br)ccc1NS(=O)(=O)c1cc(N)ccc1Br. The van der Waals surface area contributed by atoms with Gasteiger partial charge in [0.2, 0.25) is 0 Å². The van der Waals surface area contributed by atoms with Crippen LogP contribution in [-0.2, 0) is 16.4 Å². The average molecular weight is 434 g/mol. The van der Waals surface area contributed by atoms with Gasteiger partial charge in [-0.25, -0.2) is 8.42 Å². The van der Waals surface area contributed by atoms with E-state index in [0.29, 0.717) is 15.8 Å². The highest BCUT2D eigenvalue weighted by molar-refractivity contribution is 9.10. The van der Waals surface area contributed by atoms with Crippen LogP contribution in [0.4, 0.5) is 11.4 Å². The maximum Gasteiger partial charge on any atom is 0.263 e. The third-order valence-corrected chi connectivity index (χ3v) is 5.79. The van der Waals surface area contributed by atoms with Crippen LogP contribution in [0.5, 0.6) is 0 Å². The molecule has 0 bridgehead atoms. The van der Waals surface area contributed by atoms with Crippen molar-refractivity contribution in [3.05, 3.63) is 50.9 Å². The fourth-order valence-corrected chi connectivity index (χ4v) is 4.39. The van der Waals surface area contributed by atoms with E-state index >= 15 is 0 Å². The number of hydrogen-bond acceptors (Lipinski definition) is 3. The maximum atomic E-state index is 12.5. The quantitative estimate of drug-likeness (QED) is 0.711. The summed E-state index contributed by atoms with van der Waals surface area (Å²) in [5.41, 5.74) is 7.54. The number of anilines is 2. The summed E-state index contributed by atoms with van der Waals surface area (Å²) in [5, 5.41) is 0. The van der Waals surface area contributed by atoms with Crippen molar-refractivity contribution >= 4 is 53.3 Å². The highest BCUT2D eigenvalue weighted by Crippen LogP contribution is 2.28.